The Balaban J connectivity index is 2.16. The maximum atomic E-state index is 13.5. The lowest BCUT2D eigenvalue weighted by atomic mass is 10.2. The molecule has 0 spiro atoms. The predicted molar refractivity (Wildman–Crippen MR) is 89.0 cm³/mol. The molecule has 1 rings (SSSR count). The van der Waals surface area contributed by atoms with Gasteiger partial charge < -0.3 is 10.2 Å². The fraction of sp³-hybridized carbons (Fsp3) is 0.667. The van der Waals surface area contributed by atoms with E-state index in [1.54, 1.807) is 6.07 Å². The minimum Gasteiger partial charge on any atom is -0.313 e. The molecule has 3 heteroatoms. The first kappa shape index (κ1) is 18.1. The lowest BCUT2D eigenvalue weighted by Crippen LogP contribution is -2.29. The second kappa shape index (κ2) is 11.7. The lowest BCUT2D eigenvalue weighted by molar-refractivity contribution is 0.261. The van der Waals surface area contributed by atoms with E-state index in [2.05, 4.69) is 24.1 Å². The van der Waals surface area contributed by atoms with Gasteiger partial charge in [-0.15, -0.1) is 0 Å². The largest absolute Gasteiger partial charge is 0.313 e. The Kier molecular flexibility index (Phi) is 10.1. The zero-order chi connectivity index (χ0) is 15.3. The van der Waals surface area contributed by atoms with Crippen LogP contribution in [0.1, 0.15) is 51.5 Å². The number of nitrogens with zero attached hydrogens (tertiary/aromatic N) is 1. The first-order valence-corrected chi connectivity index (χ1v) is 8.44. The van der Waals surface area contributed by atoms with Crippen LogP contribution in [0.2, 0.25) is 0 Å². The topological polar surface area (TPSA) is 15.3 Å². The number of unbranched alkanes of at least 4 members (excludes halogenated alkanes) is 2. The third kappa shape index (κ3) is 8.18. The molecule has 0 radical (unpaired) electrons. The van der Waals surface area contributed by atoms with E-state index in [4.69, 9.17) is 0 Å². The number of halogens is 1. The first-order chi connectivity index (χ1) is 10.3. The predicted octanol–water partition coefficient (Wildman–Crippen LogP) is 4.21. The molecule has 0 unspecified atom stereocenters. The van der Waals surface area contributed by atoms with E-state index in [-0.39, 0.29) is 5.82 Å². The van der Waals surface area contributed by atoms with Crippen molar-refractivity contribution in [2.24, 2.45) is 0 Å². The number of nitrogens with one attached hydrogen (secondary N) is 1. The highest BCUT2D eigenvalue weighted by atomic mass is 19.1. The molecule has 21 heavy (non-hydrogen) atoms. The summed E-state index contributed by atoms with van der Waals surface area (Å²) in [4.78, 5) is 2.57. The van der Waals surface area contributed by atoms with Crippen LogP contribution in [0, 0.1) is 5.82 Å². The minimum atomic E-state index is -0.113. The van der Waals surface area contributed by atoms with Gasteiger partial charge in [0.25, 0.3) is 0 Å². The summed E-state index contributed by atoms with van der Waals surface area (Å²) in [7, 11) is 0. The van der Waals surface area contributed by atoms with Crippen LogP contribution in [-0.2, 0) is 6.54 Å². The molecular weight excluding hydrogens is 263 g/mol. The average Bonchev–Trinajstić information content (AvgIpc) is 2.50. The van der Waals surface area contributed by atoms with Crippen LogP contribution in [0.15, 0.2) is 24.3 Å². The molecule has 0 aliphatic heterocycles. The Hall–Kier alpha value is -0.930. The van der Waals surface area contributed by atoms with Crippen molar-refractivity contribution in [3.8, 4) is 0 Å². The Labute approximate surface area is 129 Å². The van der Waals surface area contributed by atoms with E-state index in [0.29, 0.717) is 6.54 Å². The van der Waals surface area contributed by atoms with Crippen LogP contribution in [0.25, 0.3) is 0 Å². The van der Waals surface area contributed by atoms with Gasteiger partial charge in [0.1, 0.15) is 5.82 Å². The van der Waals surface area contributed by atoms with Crippen LogP contribution < -0.4 is 5.32 Å². The fourth-order valence-corrected chi connectivity index (χ4v) is 2.39. The highest BCUT2D eigenvalue weighted by molar-refractivity contribution is 5.16. The molecule has 1 aromatic carbocycles. The number of hydrogen-bond acceptors (Lipinski definition) is 2. The van der Waals surface area contributed by atoms with Crippen molar-refractivity contribution in [3.63, 3.8) is 0 Å². The van der Waals surface area contributed by atoms with Gasteiger partial charge in [-0.05, 0) is 51.5 Å². The van der Waals surface area contributed by atoms with Crippen molar-refractivity contribution in [1.29, 1.82) is 0 Å². The van der Waals surface area contributed by atoms with E-state index in [1.807, 2.05) is 12.1 Å². The van der Waals surface area contributed by atoms with Crippen molar-refractivity contribution >= 4 is 0 Å². The third-order valence-electron chi connectivity index (χ3n) is 3.76. The molecule has 0 fully saturated rings. The molecule has 0 saturated carbocycles. The summed E-state index contributed by atoms with van der Waals surface area (Å²) in [6, 6.07) is 6.99. The first-order valence-electron chi connectivity index (χ1n) is 8.44. The van der Waals surface area contributed by atoms with Crippen molar-refractivity contribution in [2.45, 2.75) is 52.5 Å². The summed E-state index contributed by atoms with van der Waals surface area (Å²) in [6.07, 6.45) is 6.21. The molecule has 0 atom stereocenters. The molecule has 0 aromatic heterocycles. The quantitative estimate of drug-likeness (QED) is 0.581. The van der Waals surface area contributed by atoms with Gasteiger partial charge in [0.15, 0.2) is 0 Å². The van der Waals surface area contributed by atoms with Crippen molar-refractivity contribution < 1.29 is 4.39 Å². The Morgan fingerprint density at radius 2 is 1.57 bits per heavy atom. The molecule has 0 saturated heterocycles. The molecule has 0 amide bonds. The summed E-state index contributed by atoms with van der Waals surface area (Å²) in [5.74, 6) is -0.113. The molecule has 0 bridgehead atoms. The van der Waals surface area contributed by atoms with E-state index in [9.17, 15) is 4.39 Å². The van der Waals surface area contributed by atoms with E-state index >= 15 is 0 Å². The van der Waals surface area contributed by atoms with Gasteiger partial charge in [-0.1, -0.05) is 44.9 Å². The summed E-state index contributed by atoms with van der Waals surface area (Å²) in [5, 5.41) is 3.34. The summed E-state index contributed by atoms with van der Waals surface area (Å²) < 4.78 is 13.5. The maximum Gasteiger partial charge on any atom is 0.127 e. The number of benzene rings is 1. The van der Waals surface area contributed by atoms with E-state index < -0.39 is 0 Å². The molecule has 0 aliphatic rings. The normalized spacial score (nSPS) is 11.2. The Morgan fingerprint density at radius 1 is 0.952 bits per heavy atom. The molecule has 0 heterocycles. The van der Waals surface area contributed by atoms with Crippen molar-refractivity contribution in [2.75, 3.05) is 26.2 Å². The number of hydrogen-bond donors (Lipinski definition) is 1. The van der Waals surface area contributed by atoms with Crippen molar-refractivity contribution in [3.05, 3.63) is 35.6 Å². The van der Waals surface area contributed by atoms with E-state index in [0.717, 1.165) is 25.1 Å². The van der Waals surface area contributed by atoms with Gasteiger partial charge in [-0.25, -0.2) is 4.39 Å². The van der Waals surface area contributed by atoms with Gasteiger partial charge in [0.05, 0.1) is 0 Å². The van der Waals surface area contributed by atoms with Gasteiger partial charge in [-0.3, -0.25) is 0 Å². The van der Waals surface area contributed by atoms with Crippen LogP contribution >= 0.6 is 0 Å². The SMILES string of the molecule is CCCCN(CCCC)CCCNCc1ccccc1F. The fourth-order valence-electron chi connectivity index (χ4n) is 2.39. The zero-order valence-corrected chi connectivity index (χ0v) is 13.7. The zero-order valence-electron chi connectivity index (χ0n) is 13.7. The molecule has 1 N–H and O–H groups in total. The van der Waals surface area contributed by atoms with Crippen LogP contribution in [0.5, 0.6) is 0 Å². The molecular formula is C18H31FN2. The standard InChI is InChI=1S/C18H31FN2/c1-3-5-13-21(14-6-4-2)15-9-12-20-16-17-10-7-8-11-18(17)19/h7-8,10-11,20H,3-6,9,12-16H2,1-2H3. The Morgan fingerprint density at radius 3 is 2.19 bits per heavy atom. The molecule has 0 aliphatic carbocycles. The Bertz CT molecular complexity index is 360. The molecule has 120 valence electrons. The average molecular weight is 294 g/mol. The molecule has 1 aromatic rings. The van der Waals surface area contributed by atoms with Gasteiger partial charge >= 0.3 is 0 Å². The summed E-state index contributed by atoms with van der Waals surface area (Å²) >= 11 is 0. The smallest absolute Gasteiger partial charge is 0.127 e. The van der Waals surface area contributed by atoms with Crippen LogP contribution in [-0.4, -0.2) is 31.1 Å². The lowest BCUT2D eigenvalue weighted by Gasteiger charge is -2.22. The van der Waals surface area contributed by atoms with Gasteiger partial charge in [-0.2, -0.15) is 0 Å². The third-order valence-corrected chi connectivity index (χ3v) is 3.76. The highest BCUT2D eigenvalue weighted by Crippen LogP contribution is 2.05. The second-order valence-electron chi connectivity index (χ2n) is 5.67. The van der Waals surface area contributed by atoms with Gasteiger partial charge in [0.2, 0.25) is 0 Å². The van der Waals surface area contributed by atoms with E-state index in [1.165, 1.54) is 44.8 Å². The monoisotopic (exact) mass is 294 g/mol. The second-order valence-corrected chi connectivity index (χ2v) is 5.67. The minimum absolute atomic E-state index is 0.113. The van der Waals surface area contributed by atoms with Gasteiger partial charge in [0, 0.05) is 12.1 Å². The van der Waals surface area contributed by atoms with Crippen LogP contribution in [0.3, 0.4) is 0 Å². The van der Waals surface area contributed by atoms with Crippen LogP contribution in [0.4, 0.5) is 4.39 Å². The molecule has 2 nitrogen and oxygen atoms in total. The van der Waals surface area contributed by atoms with Crippen molar-refractivity contribution in [1.82, 2.24) is 10.2 Å². The highest BCUT2D eigenvalue weighted by Gasteiger charge is 2.04. The number of rotatable bonds is 12. The summed E-state index contributed by atoms with van der Waals surface area (Å²) in [5.41, 5.74) is 0.756. The maximum absolute atomic E-state index is 13.5. The summed E-state index contributed by atoms with van der Waals surface area (Å²) in [6.45, 7) is 9.62.